The first-order valence-corrected chi connectivity index (χ1v) is 6.73. The van der Waals surface area contributed by atoms with Gasteiger partial charge in [0, 0.05) is 11.3 Å². The van der Waals surface area contributed by atoms with Gasteiger partial charge < -0.3 is 10.4 Å². The Balaban J connectivity index is 2.04. The Kier molecular flexibility index (Phi) is 5.14. The van der Waals surface area contributed by atoms with Crippen molar-refractivity contribution in [1.82, 2.24) is 0 Å². The molecule has 0 aliphatic carbocycles. The van der Waals surface area contributed by atoms with Gasteiger partial charge in [-0.15, -0.1) is 0 Å². The minimum Gasteiger partial charge on any atom is -0.384 e. The van der Waals surface area contributed by atoms with Crippen LogP contribution in [0.2, 0.25) is 0 Å². The molecule has 0 radical (unpaired) electrons. The maximum Gasteiger partial charge on any atom is 0.228 e. The van der Waals surface area contributed by atoms with Gasteiger partial charge >= 0.3 is 0 Å². The monoisotopic (exact) mass is 279 g/mol. The molecule has 2 aromatic carbocycles. The third-order valence-corrected chi connectivity index (χ3v) is 3.07. The van der Waals surface area contributed by atoms with Crippen molar-refractivity contribution in [3.8, 4) is 11.8 Å². The van der Waals surface area contributed by atoms with Gasteiger partial charge in [0.25, 0.3) is 0 Å². The van der Waals surface area contributed by atoms with Crippen LogP contribution in [0.4, 0.5) is 5.69 Å². The molecule has 0 fully saturated rings. The van der Waals surface area contributed by atoms with Crippen LogP contribution < -0.4 is 5.32 Å². The number of aryl methyl sites for hydroxylation is 1. The second-order valence-corrected chi connectivity index (χ2v) is 4.69. The number of hydrogen-bond donors (Lipinski definition) is 2. The Morgan fingerprint density at radius 2 is 2.00 bits per heavy atom. The number of benzene rings is 2. The minimum absolute atomic E-state index is 0.0587. The topological polar surface area (TPSA) is 49.3 Å². The summed E-state index contributed by atoms with van der Waals surface area (Å²) in [5.41, 5.74) is 3.59. The van der Waals surface area contributed by atoms with Crippen molar-refractivity contribution in [2.75, 3.05) is 11.9 Å². The van der Waals surface area contributed by atoms with Crippen molar-refractivity contribution >= 4 is 11.6 Å². The summed E-state index contributed by atoms with van der Waals surface area (Å²) in [6.45, 7) is 1.82. The molecule has 2 rings (SSSR count). The summed E-state index contributed by atoms with van der Waals surface area (Å²) in [6, 6.07) is 15.1. The van der Waals surface area contributed by atoms with Gasteiger partial charge in [0.05, 0.1) is 6.42 Å². The van der Waals surface area contributed by atoms with Crippen LogP contribution in [0, 0.1) is 18.8 Å². The summed E-state index contributed by atoms with van der Waals surface area (Å²) in [4.78, 5) is 12.1. The summed E-state index contributed by atoms with van der Waals surface area (Å²) in [7, 11) is 0. The molecule has 0 spiro atoms. The molecule has 1 amide bonds. The summed E-state index contributed by atoms with van der Waals surface area (Å²) in [5.74, 6) is 5.34. The number of hydrogen-bond acceptors (Lipinski definition) is 2. The number of nitrogens with one attached hydrogen (secondary N) is 1. The van der Waals surface area contributed by atoms with Crippen molar-refractivity contribution in [2.24, 2.45) is 0 Å². The van der Waals surface area contributed by atoms with Crippen molar-refractivity contribution in [1.29, 1.82) is 0 Å². The Hall–Kier alpha value is -2.57. The van der Waals surface area contributed by atoms with Crippen LogP contribution >= 0.6 is 0 Å². The van der Waals surface area contributed by atoms with Crippen LogP contribution in [0.15, 0.2) is 48.5 Å². The normalized spacial score (nSPS) is 9.62. The molecule has 0 aliphatic rings. The van der Waals surface area contributed by atoms with Crippen LogP contribution in [0.3, 0.4) is 0 Å². The van der Waals surface area contributed by atoms with E-state index in [0.29, 0.717) is 12.1 Å². The molecule has 0 bridgehead atoms. The molecule has 0 aliphatic heterocycles. The molecule has 2 N–H and O–H groups in total. The number of rotatable bonds is 3. The molecule has 3 heteroatoms. The van der Waals surface area contributed by atoms with Gasteiger partial charge in [-0.3, -0.25) is 4.79 Å². The van der Waals surface area contributed by atoms with E-state index in [4.69, 9.17) is 5.11 Å². The van der Waals surface area contributed by atoms with E-state index in [0.717, 1.165) is 16.7 Å². The number of carbonyl (C=O) groups excluding carboxylic acids is 1. The highest BCUT2D eigenvalue weighted by Crippen LogP contribution is 2.12. The van der Waals surface area contributed by atoms with Crippen molar-refractivity contribution in [3.63, 3.8) is 0 Å². The van der Waals surface area contributed by atoms with E-state index in [1.165, 1.54) is 0 Å². The number of aliphatic hydroxyl groups excluding tert-OH is 1. The lowest BCUT2D eigenvalue weighted by atomic mass is 10.1. The molecular formula is C18H17NO2. The van der Waals surface area contributed by atoms with E-state index in [2.05, 4.69) is 17.2 Å². The zero-order chi connectivity index (χ0) is 15.1. The van der Waals surface area contributed by atoms with Gasteiger partial charge in [0.2, 0.25) is 5.91 Å². The Bertz CT molecular complexity index is 696. The number of anilines is 1. The van der Waals surface area contributed by atoms with E-state index in [1.54, 1.807) is 6.07 Å². The van der Waals surface area contributed by atoms with E-state index in [-0.39, 0.29) is 12.5 Å². The first kappa shape index (κ1) is 14.8. The first-order chi connectivity index (χ1) is 10.2. The average Bonchev–Trinajstić information content (AvgIpc) is 2.48. The zero-order valence-electron chi connectivity index (χ0n) is 11.9. The van der Waals surface area contributed by atoms with Gasteiger partial charge in [-0.05, 0) is 36.2 Å². The Morgan fingerprint density at radius 1 is 1.19 bits per heavy atom. The van der Waals surface area contributed by atoms with Crippen LogP contribution in [0.1, 0.15) is 16.7 Å². The van der Waals surface area contributed by atoms with Crippen molar-refractivity contribution in [3.05, 3.63) is 65.2 Å². The van der Waals surface area contributed by atoms with Gasteiger partial charge in [-0.2, -0.15) is 0 Å². The lowest BCUT2D eigenvalue weighted by molar-refractivity contribution is -0.115. The first-order valence-electron chi connectivity index (χ1n) is 6.73. The maximum atomic E-state index is 12.1. The summed E-state index contributed by atoms with van der Waals surface area (Å²) in [6.07, 6.45) is 0.346. The fourth-order valence-electron chi connectivity index (χ4n) is 2.00. The van der Waals surface area contributed by atoms with Gasteiger partial charge in [-0.1, -0.05) is 42.2 Å². The average molecular weight is 279 g/mol. The van der Waals surface area contributed by atoms with Crippen molar-refractivity contribution in [2.45, 2.75) is 13.3 Å². The van der Waals surface area contributed by atoms with Gasteiger partial charge in [0.15, 0.2) is 0 Å². The second-order valence-electron chi connectivity index (χ2n) is 4.69. The molecule has 106 valence electrons. The quantitative estimate of drug-likeness (QED) is 0.848. The number of amides is 1. The predicted octanol–water partition coefficient (Wildman–Crippen LogP) is 2.52. The molecule has 0 atom stereocenters. The van der Waals surface area contributed by atoms with Crippen molar-refractivity contribution < 1.29 is 9.90 Å². The molecule has 0 aromatic heterocycles. The van der Waals surface area contributed by atoms with Crippen LogP contribution in [0.25, 0.3) is 0 Å². The molecule has 0 heterocycles. The molecule has 3 nitrogen and oxygen atoms in total. The highest BCUT2D eigenvalue weighted by Gasteiger charge is 2.06. The number of carbonyl (C=O) groups is 1. The van der Waals surface area contributed by atoms with E-state index in [1.807, 2.05) is 49.4 Å². The summed E-state index contributed by atoms with van der Waals surface area (Å²) >= 11 is 0. The van der Waals surface area contributed by atoms with E-state index < -0.39 is 0 Å². The molecule has 0 unspecified atom stereocenters. The lowest BCUT2D eigenvalue weighted by Gasteiger charge is -2.07. The highest BCUT2D eigenvalue weighted by molar-refractivity contribution is 5.92. The highest BCUT2D eigenvalue weighted by atomic mass is 16.2. The van der Waals surface area contributed by atoms with Gasteiger partial charge in [0.1, 0.15) is 6.61 Å². The fourth-order valence-corrected chi connectivity index (χ4v) is 2.00. The number of aliphatic hydroxyl groups is 1. The smallest absolute Gasteiger partial charge is 0.228 e. The fraction of sp³-hybridized carbons (Fsp3) is 0.167. The standard InChI is InChI=1S/C18H17NO2/c1-14-6-2-3-9-16(14)13-18(21)19-17-10-4-7-15(12-17)8-5-11-20/h2-4,6-7,9-10,12,20H,11,13H2,1H3,(H,19,21). The Labute approximate surface area is 124 Å². The minimum atomic E-state index is -0.177. The lowest BCUT2D eigenvalue weighted by Crippen LogP contribution is -2.15. The van der Waals surface area contributed by atoms with Crippen LogP contribution in [-0.2, 0) is 11.2 Å². The largest absolute Gasteiger partial charge is 0.384 e. The van der Waals surface area contributed by atoms with Gasteiger partial charge in [-0.25, -0.2) is 0 Å². The zero-order valence-corrected chi connectivity index (χ0v) is 11.9. The van der Waals surface area contributed by atoms with Crippen LogP contribution in [-0.4, -0.2) is 17.6 Å². The molecule has 0 saturated carbocycles. The predicted molar refractivity (Wildman–Crippen MR) is 83.9 cm³/mol. The molecule has 0 saturated heterocycles. The summed E-state index contributed by atoms with van der Waals surface area (Å²) in [5, 5.41) is 11.6. The second kappa shape index (κ2) is 7.28. The van der Waals surface area contributed by atoms with E-state index >= 15 is 0 Å². The third-order valence-electron chi connectivity index (χ3n) is 3.07. The van der Waals surface area contributed by atoms with Crippen LogP contribution in [0.5, 0.6) is 0 Å². The molecule has 21 heavy (non-hydrogen) atoms. The SMILES string of the molecule is Cc1ccccc1CC(=O)Nc1cccc(C#CCO)c1. The maximum absolute atomic E-state index is 12.1. The summed E-state index contributed by atoms with van der Waals surface area (Å²) < 4.78 is 0. The Morgan fingerprint density at radius 3 is 2.76 bits per heavy atom. The third kappa shape index (κ3) is 4.48. The van der Waals surface area contributed by atoms with E-state index in [9.17, 15) is 4.79 Å². The molecule has 2 aromatic rings. The molecular weight excluding hydrogens is 262 g/mol.